The van der Waals surface area contributed by atoms with E-state index >= 15 is 0 Å². The molecule has 3 rings (SSSR count). The number of fused-ring (bicyclic) bond motifs is 1. The highest BCUT2D eigenvalue weighted by atomic mass is 32.2. The van der Waals surface area contributed by atoms with E-state index in [9.17, 15) is 10.1 Å². The van der Waals surface area contributed by atoms with Crippen molar-refractivity contribution in [2.45, 2.75) is 38.0 Å². The van der Waals surface area contributed by atoms with Gasteiger partial charge in [0, 0.05) is 15.3 Å². The van der Waals surface area contributed by atoms with Gasteiger partial charge in [-0.1, -0.05) is 13.8 Å². The molecule has 1 aliphatic carbocycles. The van der Waals surface area contributed by atoms with Gasteiger partial charge in [-0.05, 0) is 60.8 Å². The maximum absolute atomic E-state index is 12.5. The van der Waals surface area contributed by atoms with Crippen LogP contribution >= 0.6 is 23.1 Å². The first-order valence-electron chi connectivity index (χ1n) is 8.21. The van der Waals surface area contributed by atoms with E-state index in [-0.39, 0.29) is 5.91 Å². The lowest BCUT2D eigenvalue weighted by Gasteiger charge is -2.17. The minimum atomic E-state index is -0.147. The molecule has 1 aromatic heterocycles. The highest BCUT2D eigenvalue weighted by Crippen LogP contribution is 2.39. The molecule has 0 fully saturated rings. The molecule has 1 N–H and O–H groups in total. The van der Waals surface area contributed by atoms with Gasteiger partial charge in [-0.2, -0.15) is 5.26 Å². The van der Waals surface area contributed by atoms with Crippen molar-refractivity contribution in [3.8, 4) is 6.07 Å². The molecule has 0 spiro atoms. The Kier molecular flexibility index (Phi) is 5.27. The van der Waals surface area contributed by atoms with Crippen molar-refractivity contribution in [3.05, 3.63) is 45.8 Å². The lowest BCUT2D eigenvalue weighted by molar-refractivity contribution is 0.102. The molecule has 0 saturated carbocycles. The fourth-order valence-corrected chi connectivity index (χ4v) is 5.02. The highest BCUT2D eigenvalue weighted by molar-refractivity contribution is 7.99. The molecular formula is C19H20N2OS2. The van der Waals surface area contributed by atoms with Crippen molar-refractivity contribution in [3.63, 3.8) is 0 Å². The largest absolute Gasteiger partial charge is 0.312 e. The van der Waals surface area contributed by atoms with Gasteiger partial charge >= 0.3 is 0 Å². The lowest BCUT2D eigenvalue weighted by Crippen LogP contribution is -2.12. The molecule has 3 nitrogen and oxygen atoms in total. The maximum Gasteiger partial charge on any atom is 0.256 e. The van der Waals surface area contributed by atoms with Crippen LogP contribution in [0.3, 0.4) is 0 Å². The number of rotatable bonds is 4. The van der Waals surface area contributed by atoms with E-state index in [1.807, 2.05) is 24.3 Å². The van der Waals surface area contributed by atoms with Gasteiger partial charge in [-0.3, -0.25) is 4.79 Å². The fraction of sp³-hybridized carbons (Fsp3) is 0.368. The second-order valence-corrected chi connectivity index (χ2v) is 8.52. The quantitative estimate of drug-likeness (QED) is 0.775. The van der Waals surface area contributed by atoms with Crippen molar-refractivity contribution < 1.29 is 4.79 Å². The molecule has 5 heteroatoms. The molecule has 0 saturated heterocycles. The predicted molar refractivity (Wildman–Crippen MR) is 101 cm³/mol. The van der Waals surface area contributed by atoms with Crippen LogP contribution in [0.5, 0.6) is 0 Å². The number of thioether (sulfide) groups is 1. The van der Waals surface area contributed by atoms with Crippen LogP contribution in [0, 0.1) is 17.2 Å². The molecule has 1 amide bonds. The van der Waals surface area contributed by atoms with Gasteiger partial charge in [0.25, 0.3) is 5.91 Å². The molecule has 1 heterocycles. The minimum absolute atomic E-state index is 0.147. The molecule has 1 aromatic carbocycles. The van der Waals surface area contributed by atoms with Crippen LogP contribution in [-0.2, 0) is 12.8 Å². The molecule has 124 valence electrons. The van der Waals surface area contributed by atoms with Crippen LogP contribution in [-0.4, -0.2) is 11.7 Å². The van der Waals surface area contributed by atoms with Crippen molar-refractivity contribution in [1.82, 2.24) is 0 Å². The van der Waals surface area contributed by atoms with Crippen LogP contribution in [0.2, 0.25) is 0 Å². The first kappa shape index (κ1) is 17.1. The minimum Gasteiger partial charge on any atom is -0.312 e. The fourth-order valence-electron chi connectivity index (χ4n) is 3.00. The number of amides is 1. The number of hydrogen-bond donors (Lipinski definition) is 1. The van der Waals surface area contributed by atoms with Crippen LogP contribution in [0.25, 0.3) is 0 Å². The SMILES string of the molecule is CCSc1ccc(C(=O)Nc2sc3c(c2C#N)CC[C@@H](C)C3)cc1. The summed E-state index contributed by atoms with van der Waals surface area (Å²) in [6, 6.07) is 9.91. The molecule has 0 bridgehead atoms. The van der Waals surface area contributed by atoms with Gasteiger partial charge in [-0.25, -0.2) is 0 Å². The first-order chi connectivity index (χ1) is 11.6. The Morgan fingerprint density at radius 3 is 2.83 bits per heavy atom. The molecule has 0 aliphatic heterocycles. The summed E-state index contributed by atoms with van der Waals surface area (Å²) in [4.78, 5) is 14.9. The van der Waals surface area contributed by atoms with Crippen molar-refractivity contribution >= 4 is 34.0 Å². The predicted octanol–water partition coefficient (Wildman–Crippen LogP) is 5.11. The van der Waals surface area contributed by atoms with E-state index in [4.69, 9.17) is 0 Å². The van der Waals surface area contributed by atoms with Crippen LogP contribution in [0.15, 0.2) is 29.2 Å². The number of nitriles is 1. The van der Waals surface area contributed by atoms with Gasteiger partial charge in [0.1, 0.15) is 11.1 Å². The Hall–Kier alpha value is -1.77. The van der Waals surface area contributed by atoms with E-state index in [0.717, 1.165) is 35.5 Å². The topological polar surface area (TPSA) is 52.9 Å². The summed E-state index contributed by atoms with van der Waals surface area (Å²) < 4.78 is 0. The average molecular weight is 357 g/mol. The summed E-state index contributed by atoms with van der Waals surface area (Å²) >= 11 is 3.32. The first-order valence-corrected chi connectivity index (χ1v) is 10.0. The number of nitrogens with one attached hydrogen (secondary N) is 1. The van der Waals surface area contributed by atoms with Gasteiger partial charge < -0.3 is 5.32 Å². The second-order valence-electron chi connectivity index (χ2n) is 6.08. The maximum atomic E-state index is 12.5. The number of benzene rings is 1. The zero-order valence-corrected chi connectivity index (χ0v) is 15.5. The van der Waals surface area contributed by atoms with Crippen molar-refractivity contribution in [2.75, 3.05) is 11.1 Å². The third kappa shape index (κ3) is 3.50. The van der Waals surface area contributed by atoms with Gasteiger partial charge in [-0.15, -0.1) is 23.1 Å². The second kappa shape index (κ2) is 7.42. The van der Waals surface area contributed by atoms with Gasteiger partial charge in [0.2, 0.25) is 0 Å². The smallest absolute Gasteiger partial charge is 0.256 e. The van der Waals surface area contributed by atoms with Crippen molar-refractivity contribution in [1.29, 1.82) is 5.26 Å². The number of anilines is 1. The summed E-state index contributed by atoms with van der Waals surface area (Å²) in [5.74, 6) is 1.51. The summed E-state index contributed by atoms with van der Waals surface area (Å²) in [5, 5.41) is 13.2. The number of nitrogens with zero attached hydrogens (tertiary/aromatic N) is 1. The average Bonchev–Trinajstić information content (AvgIpc) is 2.91. The number of hydrogen-bond acceptors (Lipinski definition) is 4. The number of carbonyl (C=O) groups is 1. The summed E-state index contributed by atoms with van der Waals surface area (Å²) in [6.45, 7) is 4.34. The van der Waals surface area contributed by atoms with E-state index in [0.29, 0.717) is 22.0 Å². The van der Waals surface area contributed by atoms with Crippen LogP contribution in [0.4, 0.5) is 5.00 Å². The number of thiophene rings is 1. The Bertz CT molecular complexity index is 787. The Morgan fingerprint density at radius 1 is 1.42 bits per heavy atom. The standard InChI is InChI=1S/C19H20N2OS2/c1-3-23-14-7-5-13(6-8-14)18(22)21-19-16(11-20)15-9-4-12(2)10-17(15)24-19/h5-8,12H,3-4,9-10H2,1-2H3,(H,21,22)/t12-/m1/s1. The molecule has 24 heavy (non-hydrogen) atoms. The number of carbonyl (C=O) groups excluding carboxylic acids is 1. The summed E-state index contributed by atoms with van der Waals surface area (Å²) in [6.07, 6.45) is 3.06. The zero-order chi connectivity index (χ0) is 17.1. The summed E-state index contributed by atoms with van der Waals surface area (Å²) in [7, 11) is 0. The van der Waals surface area contributed by atoms with Gasteiger partial charge in [0.15, 0.2) is 0 Å². The van der Waals surface area contributed by atoms with E-state index in [2.05, 4.69) is 25.2 Å². The highest BCUT2D eigenvalue weighted by Gasteiger charge is 2.24. The Labute approximate surface area is 151 Å². The Morgan fingerprint density at radius 2 is 2.17 bits per heavy atom. The van der Waals surface area contributed by atoms with E-state index < -0.39 is 0 Å². The zero-order valence-electron chi connectivity index (χ0n) is 13.9. The summed E-state index contributed by atoms with van der Waals surface area (Å²) in [5.41, 5.74) is 2.43. The molecule has 0 unspecified atom stereocenters. The third-order valence-corrected chi connectivity index (χ3v) is 6.34. The molecule has 2 aromatic rings. The normalized spacial score (nSPS) is 16.3. The monoisotopic (exact) mass is 356 g/mol. The molecule has 1 aliphatic rings. The van der Waals surface area contributed by atoms with Crippen molar-refractivity contribution in [2.24, 2.45) is 5.92 Å². The molecule has 1 atom stereocenters. The van der Waals surface area contributed by atoms with E-state index in [1.54, 1.807) is 23.1 Å². The van der Waals surface area contributed by atoms with E-state index in [1.165, 1.54) is 4.88 Å². The third-order valence-electron chi connectivity index (χ3n) is 4.28. The lowest BCUT2D eigenvalue weighted by atomic mass is 9.88. The Balaban J connectivity index is 1.80. The van der Waals surface area contributed by atoms with Crippen LogP contribution < -0.4 is 5.32 Å². The van der Waals surface area contributed by atoms with Gasteiger partial charge in [0.05, 0.1) is 5.56 Å². The molecule has 0 radical (unpaired) electrons. The molecular weight excluding hydrogens is 336 g/mol. The van der Waals surface area contributed by atoms with Crippen LogP contribution in [0.1, 0.15) is 46.6 Å².